The van der Waals surface area contributed by atoms with E-state index < -0.39 is 10.1 Å². The molecule has 100 valence electrons. The van der Waals surface area contributed by atoms with Crippen molar-refractivity contribution in [3.8, 4) is 0 Å². The van der Waals surface area contributed by atoms with Crippen LogP contribution in [0.3, 0.4) is 0 Å². The van der Waals surface area contributed by atoms with Crippen molar-refractivity contribution in [3.63, 3.8) is 0 Å². The lowest BCUT2D eigenvalue weighted by atomic mass is 10.2. The van der Waals surface area contributed by atoms with Crippen molar-refractivity contribution in [1.82, 2.24) is 0 Å². The zero-order chi connectivity index (χ0) is 13.0. The lowest BCUT2D eigenvalue weighted by molar-refractivity contribution is 0.480. The van der Waals surface area contributed by atoms with Crippen LogP contribution in [-0.4, -0.2) is 13.7 Å². The van der Waals surface area contributed by atoms with Crippen molar-refractivity contribution in [2.45, 2.75) is 42.8 Å². The highest BCUT2D eigenvalue weighted by atomic mass is 32.3. The maximum absolute atomic E-state index is 12.1. The topological polar surface area (TPSA) is 43.4 Å². The first-order chi connectivity index (χ1) is 8.63. The van der Waals surface area contributed by atoms with Crippen LogP contribution >= 0.6 is 12.0 Å². The number of hydrogen-bond donors (Lipinski definition) is 0. The highest BCUT2D eigenvalue weighted by Crippen LogP contribution is 2.40. The summed E-state index contributed by atoms with van der Waals surface area (Å²) in [6.07, 6.45) is 3.61. The van der Waals surface area contributed by atoms with Gasteiger partial charge >= 0.3 is 0 Å². The van der Waals surface area contributed by atoms with Crippen LogP contribution in [0.1, 0.15) is 32.6 Å². The largest absolute Gasteiger partial charge is 0.281 e. The van der Waals surface area contributed by atoms with Gasteiger partial charge < -0.3 is 0 Å². The monoisotopic (exact) mass is 286 g/mol. The van der Waals surface area contributed by atoms with Crippen molar-refractivity contribution in [2.75, 3.05) is 0 Å². The van der Waals surface area contributed by atoms with Crippen molar-refractivity contribution >= 4 is 22.2 Å². The molecule has 18 heavy (non-hydrogen) atoms. The van der Waals surface area contributed by atoms with Gasteiger partial charge in [-0.05, 0) is 37.3 Å². The van der Waals surface area contributed by atoms with Crippen LogP contribution in [0.2, 0.25) is 0 Å². The van der Waals surface area contributed by atoms with Gasteiger partial charge in [-0.1, -0.05) is 31.5 Å². The first kappa shape index (κ1) is 13.9. The first-order valence-corrected chi connectivity index (χ1v) is 8.50. The van der Waals surface area contributed by atoms with E-state index in [2.05, 4.69) is 0 Å². The molecule has 1 saturated carbocycles. The van der Waals surface area contributed by atoms with E-state index in [-0.39, 0.29) is 5.25 Å². The summed E-state index contributed by atoms with van der Waals surface area (Å²) in [5.74, 6) is 0.311. The van der Waals surface area contributed by atoms with Gasteiger partial charge in [-0.3, -0.25) is 0 Å². The Labute approximate surface area is 113 Å². The molecule has 3 nitrogen and oxygen atoms in total. The standard InChI is InChI=1S/C13H18O3S2/c1-2-6-13(11-9-10-11)18(14,15)16-17-12-7-4-3-5-8-12/h3-5,7-8,11,13H,2,6,9-10H2,1H3. The molecule has 1 aliphatic carbocycles. The highest BCUT2D eigenvalue weighted by Gasteiger charge is 2.40. The van der Waals surface area contributed by atoms with Crippen LogP contribution in [0.15, 0.2) is 35.2 Å². The molecule has 5 heteroatoms. The molecule has 0 aromatic heterocycles. The fraction of sp³-hybridized carbons (Fsp3) is 0.538. The SMILES string of the molecule is CCCC(C1CC1)S(=O)(=O)OSc1ccccc1. The van der Waals surface area contributed by atoms with Crippen LogP contribution in [0.5, 0.6) is 0 Å². The fourth-order valence-corrected chi connectivity index (χ4v) is 4.61. The van der Waals surface area contributed by atoms with Gasteiger partial charge in [-0.2, -0.15) is 12.0 Å². The van der Waals surface area contributed by atoms with Gasteiger partial charge in [0.2, 0.25) is 0 Å². The van der Waals surface area contributed by atoms with Crippen molar-refractivity contribution in [1.29, 1.82) is 0 Å². The van der Waals surface area contributed by atoms with Gasteiger partial charge in [0.1, 0.15) is 0 Å². The molecule has 1 aromatic carbocycles. The van der Waals surface area contributed by atoms with Gasteiger partial charge in [0.25, 0.3) is 10.1 Å². The molecule has 0 spiro atoms. The van der Waals surface area contributed by atoms with Crippen molar-refractivity contribution in [2.24, 2.45) is 5.92 Å². The molecule has 1 aliphatic rings. The molecule has 0 saturated heterocycles. The Balaban J connectivity index is 1.97. The third kappa shape index (κ3) is 3.73. The Hall–Kier alpha value is -0.520. The summed E-state index contributed by atoms with van der Waals surface area (Å²) in [7, 11) is -3.46. The lowest BCUT2D eigenvalue weighted by Gasteiger charge is -2.14. The third-order valence-electron chi connectivity index (χ3n) is 3.06. The molecule has 1 aromatic rings. The molecule has 2 rings (SSSR count). The zero-order valence-electron chi connectivity index (χ0n) is 10.4. The summed E-state index contributed by atoms with van der Waals surface area (Å²) in [5.41, 5.74) is 0. The maximum Gasteiger partial charge on any atom is 0.281 e. The van der Waals surface area contributed by atoms with Gasteiger partial charge in [0.05, 0.1) is 5.25 Å². The van der Waals surface area contributed by atoms with Crippen LogP contribution < -0.4 is 0 Å². The molecule has 0 radical (unpaired) electrons. The second-order valence-electron chi connectivity index (χ2n) is 4.62. The predicted molar refractivity (Wildman–Crippen MR) is 73.7 cm³/mol. The smallest absolute Gasteiger partial charge is 0.198 e. The molecular formula is C13H18O3S2. The van der Waals surface area contributed by atoms with E-state index in [1.807, 2.05) is 37.3 Å². The Morgan fingerprint density at radius 2 is 2.00 bits per heavy atom. The van der Waals surface area contributed by atoms with Gasteiger partial charge in [0, 0.05) is 16.9 Å². The quantitative estimate of drug-likeness (QED) is 0.718. The molecule has 0 N–H and O–H groups in total. The van der Waals surface area contributed by atoms with Crippen LogP contribution in [-0.2, 0) is 13.7 Å². The maximum atomic E-state index is 12.1. The molecule has 0 aliphatic heterocycles. The Kier molecular flexibility index (Phi) is 4.70. The average Bonchev–Trinajstić information content (AvgIpc) is 3.19. The zero-order valence-corrected chi connectivity index (χ0v) is 12.0. The Morgan fingerprint density at radius 1 is 1.33 bits per heavy atom. The number of rotatable bonds is 7. The molecule has 1 unspecified atom stereocenters. The molecular weight excluding hydrogens is 268 g/mol. The lowest BCUT2D eigenvalue weighted by Crippen LogP contribution is -2.23. The summed E-state index contributed by atoms with van der Waals surface area (Å²) >= 11 is 0.939. The molecule has 1 fully saturated rings. The summed E-state index contributed by atoms with van der Waals surface area (Å²) < 4.78 is 29.4. The third-order valence-corrected chi connectivity index (χ3v) is 5.92. The van der Waals surface area contributed by atoms with E-state index >= 15 is 0 Å². The Bertz CT molecular complexity index is 466. The van der Waals surface area contributed by atoms with E-state index in [4.69, 9.17) is 3.63 Å². The molecule has 1 atom stereocenters. The highest BCUT2D eigenvalue weighted by molar-refractivity contribution is 8.04. The van der Waals surface area contributed by atoms with E-state index in [9.17, 15) is 8.42 Å². The Morgan fingerprint density at radius 3 is 2.56 bits per heavy atom. The fourth-order valence-electron chi connectivity index (χ4n) is 1.98. The predicted octanol–water partition coefficient (Wildman–Crippen LogP) is 3.62. The minimum absolute atomic E-state index is 0.311. The van der Waals surface area contributed by atoms with Gasteiger partial charge in [-0.25, -0.2) is 0 Å². The second kappa shape index (κ2) is 6.08. The minimum Gasteiger partial charge on any atom is -0.198 e. The normalized spacial score (nSPS) is 17.6. The van der Waals surface area contributed by atoms with Crippen molar-refractivity contribution in [3.05, 3.63) is 30.3 Å². The van der Waals surface area contributed by atoms with E-state index in [1.165, 1.54) is 0 Å². The molecule has 0 bridgehead atoms. The number of hydrogen-bond acceptors (Lipinski definition) is 4. The molecule has 0 amide bonds. The number of benzene rings is 1. The average molecular weight is 286 g/mol. The van der Waals surface area contributed by atoms with Gasteiger partial charge in [-0.15, -0.1) is 0 Å². The second-order valence-corrected chi connectivity index (χ2v) is 7.40. The van der Waals surface area contributed by atoms with Gasteiger partial charge in [0.15, 0.2) is 0 Å². The minimum atomic E-state index is -3.46. The molecule has 0 heterocycles. The van der Waals surface area contributed by atoms with E-state index in [1.54, 1.807) is 0 Å². The van der Waals surface area contributed by atoms with Crippen LogP contribution in [0.25, 0.3) is 0 Å². The summed E-state index contributed by atoms with van der Waals surface area (Å²) in [5, 5.41) is -0.321. The van der Waals surface area contributed by atoms with E-state index in [0.29, 0.717) is 12.3 Å². The van der Waals surface area contributed by atoms with Crippen LogP contribution in [0.4, 0.5) is 0 Å². The summed E-state index contributed by atoms with van der Waals surface area (Å²) in [6.45, 7) is 2.01. The first-order valence-electron chi connectivity index (χ1n) is 6.28. The van der Waals surface area contributed by atoms with Crippen molar-refractivity contribution < 1.29 is 12.0 Å². The summed E-state index contributed by atoms with van der Waals surface area (Å²) in [4.78, 5) is 0.812. The van der Waals surface area contributed by atoms with E-state index in [0.717, 1.165) is 36.2 Å². The summed E-state index contributed by atoms with van der Waals surface area (Å²) in [6, 6.07) is 9.30. The van der Waals surface area contributed by atoms with Crippen LogP contribution in [0, 0.1) is 5.92 Å².